The van der Waals surface area contributed by atoms with E-state index in [1.54, 1.807) is 0 Å². The lowest BCUT2D eigenvalue weighted by molar-refractivity contribution is 0.340. The number of hydrogen-bond acceptors (Lipinski definition) is 3. The molecule has 1 N–H and O–H groups in total. The first-order valence-corrected chi connectivity index (χ1v) is 6.01. The van der Waals surface area contributed by atoms with E-state index in [9.17, 15) is 0 Å². The van der Waals surface area contributed by atoms with E-state index in [1.165, 1.54) is 5.69 Å². The lowest BCUT2D eigenvalue weighted by Gasteiger charge is -2.36. The molecule has 0 amide bonds. The molecular weight excluding hydrogens is 200 g/mol. The SMILES string of the molecule is CCOc1cccc(N2CCNC[C@H]2C)c1. The normalized spacial score (nSPS) is 20.9. The van der Waals surface area contributed by atoms with Crippen molar-refractivity contribution in [2.24, 2.45) is 0 Å². The topological polar surface area (TPSA) is 24.5 Å². The molecule has 1 atom stereocenters. The van der Waals surface area contributed by atoms with E-state index in [0.717, 1.165) is 32.0 Å². The molecule has 1 aromatic rings. The highest BCUT2D eigenvalue weighted by Gasteiger charge is 2.18. The van der Waals surface area contributed by atoms with E-state index in [4.69, 9.17) is 4.74 Å². The maximum absolute atomic E-state index is 5.53. The average Bonchev–Trinajstić information content (AvgIpc) is 2.30. The maximum Gasteiger partial charge on any atom is 0.121 e. The summed E-state index contributed by atoms with van der Waals surface area (Å²) in [5.41, 5.74) is 1.26. The summed E-state index contributed by atoms with van der Waals surface area (Å²) < 4.78 is 5.53. The minimum atomic E-state index is 0.547. The second kappa shape index (κ2) is 5.21. The molecule has 1 aliphatic rings. The van der Waals surface area contributed by atoms with Crippen LogP contribution in [-0.2, 0) is 0 Å². The average molecular weight is 220 g/mol. The molecule has 1 fully saturated rings. The Kier molecular flexibility index (Phi) is 3.67. The minimum Gasteiger partial charge on any atom is -0.494 e. The van der Waals surface area contributed by atoms with Crippen molar-refractivity contribution in [3.63, 3.8) is 0 Å². The van der Waals surface area contributed by atoms with E-state index < -0.39 is 0 Å². The number of ether oxygens (including phenoxy) is 1. The zero-order chi connectivity index (χ0) is 11.4. The number of hydrogen-bond donors (Lipinski definition) is 1. The maximum atomic E-state index is 5.53. The van der Waals surface area contributed by atoms with Crippen molar-refractivity contribution in [3.8, 4) is 5.75 Å². The highest BCUT2D eigenvalue weighted by atomic mass is 16.5. The number of nitrogens with one attached hydrogen (secondary N) is 1. The summed E-state index contributed by atoms with van der Waals surface area (Å²) in [5, 5.41) is 3.40. The van der Waals surface area contributed by atoms with Gasteiger partial charge in [0, 0.05) is 37.4 Å². The molecule has 1 heterocycles. The van der Waals surface area contributed by atoms with E-state index in [2.05, 4.69) is 35.3 Å². The van der Waals surface area contributed by atoms with Crippen LogP contribution in [0.25, 0.3) is 0 Å². The van der Waals surface area contributed by atoms with Crippen LogP contribution in [0.5, 0.6) is 5.75 Å². The molecule has 3 heteroatoms. The quantitative estimate of drug-likeness (QED) is 0.842. The molecular formula is C13H20N2O. The minimum absolute atomic E-state index is 0.547. The molecule has 0 unspecified atom stereocenters. The van der Waals surface area contributed by atoms with Crippen LogP contribution in [0, 0.1) is 0 Å². The zero-order valence-corrected chi connectivity index (χ0v) is 10.1. The van der Waals surface area contributed by atoms with Crippen molar-refractivity contribution in [2.75, 3.05) is 31.1 Å². The Labute approximate surface area is 97.4 Å². The highest BCUT2D eigenvalue weighted by molar-refractivity contribution is 5.52. The molecule has 1 aromatic carbocycles. The number of anilines is 1. The molecule has 2 rings (SSSR count). The third kappa shape index (κ3) is 2.47. The summed E-state index contributed by atoms with van der Waals surface area (Å²) in [4.78, 5) is 2.43. The Hall–Kier alpha value is -1.22. The van der Waals surface area contributed by atoms with E-state index in [0.29, 0.717) is 6.04 Å². The summed E-state index contributed by atoms with van der Waals surface area (Å²) in [6, 6.07) is 8.91. The van der Waals surface area contributed by atoms with Crippen molar-refractivity contribution in [1.29, 1.82) is 0 Å². The van der Waals surface area contributed by atoms with Gasteiger partial charge in [0.1, 0.15) is 5.75 Å². The lowest BCUT2D eigenvalue weighted by Crippen LogP contribution is -2.49. The summed E-state index contributed by atoms with van der Waals surface area (Å²) in [5.74, 6) is 0.964. The van der Waals surface area contributed by atoms with Crippen molar-refractivity contribution in [2.45, 2.75) is 19.9 Å². The van der Waals surface area contributed by atoms with Gasteiger partial charge in [0.25, 0.3) is 0 Å². The van der Waals surface area contributed by atoms with Gasteiger partial charge in [-0.15, -0.1) is 0 Å². The first kappa shape index (κ1) is 11.3. The van der Waals surface area contributed by atoms with Crippen LogP contribution in [-0.4, -0.2) is 32.3 Å². The molecule has 0 aromatic heterocycles. The number of nitrogens with zero attached hydrogens (tertiary/aromatic N) is 1. The highest BCUT2D eigenvalue weighted by Crippen LogP contribution is 2.23. The third-order valence-corrected chi connectivity index (χ3v) is 2.96. The fraction of sp³-hybridized carbons (Fsp3) is 0.538. The summed E-state index contributed by atoms with van der Waals surface area (Å²) in [7, 11) is 0. The standard InChI is InChI=1S/C13H20N2O/c1-3-16-13-6-4-5-12(9-13)15-8-7-14-10-11(15)2/h4-6,9,11,14H,3,7-8,10H2,1-2H3/t11-/m1/s1. The van der Waals surface area contributed by atoms with Gasteiger partial charge in [0.05, 0.1) is 6.61 Å². The van der Waals surface area contributed by atoms with Gasteiger partial charge in [-0.25, -0.2) is 0 Å². The van der Waals surface area contributed by atoms with Gasteiger partial charge in [-0.1, -0.05) is 6.07 Å². The van der Waals surface area contributed by atoms with Crippen LogP contribution in [0.15, 0.2) is 24.3 Å². The molecule has 0 spiro atoms. The van der Waals surface area contributed by atoms with Gasteiger partial charge >= 0.3 is 0 Å². The third-order valence-electron chi connectivity index (χ3n) is 2.96. The second-order valence-electron chi connectivity index (χ2n) is 4.18. The molecule has 1 saturated heterocycles. The summed E-state index contributed by atoms with van der Waals surface area (Å²) >= 11 is 0. The molecule has 88 valence electrons. The van der Waals surface area contributed by atoms with Gasteiger partial charge in [0.15, 0.2) is 0 Å². The van der Waals surface area contributed by atoms with Gasteiger partial charge in [-0.3, -0.25) is 0 Å². The largest absolute Gasteiger partial charge is 0.494 e. The van der Waals surface area contributed by atoms with Crippen LogP contribution in [0.3, 0.4) is 0 Å². The first-order valence-electron chi connectivity index (χ1n) is 6.01. The Morgan fingerprint density at radius 1 is 1.50 bits per heavy atom. The van der Waals surface area contributed by atoms with E-state index in [-0.39, 0.29) is 0 Å². The number of benzene rings is 1. The Balaban J connectivity index is 2.15. The molecule has 16 heavy (non-hydrogen) atoms. The van der Waals surface area contributed by atoms with Gasteiger partial charge in [-0.2, -0.15) is 0 Å². The van der Waals surface area contributed by atoms with Crippen LogP contribution < -0.4 is 15.0 Å². The summed E-state index contributed by atoms with van der Waals surface area (Å²) in [6.45, 7) is 8.17. The Morgan fingerprint density at radius 3 is 3.12 bits per heavy atom. The monoisotopic (exact) mass is 220 g/mol. The fourth-order valence-electron chi connectivity index (χ4n) is 2.14. The van der Waals surface area contributed by atoms with Crippen LogP contribution >= 0.6 is 0 Å². The Bertz CT molecular complexity index is 340. The van der Waals surface area contributed by atoms with E-state index >= 15 is 0 Å². The Morgan fingerprint density at radius 2 is 2.38 bits per heavy atom. The summed E-state index contributed by atoms with van der Waals surface area (Å²) in [6.07, 6.45) is 0. The van der Waals surface area contributed by atoms with Gasteiger partial charge in [0.2, 0.25) is 0 Å². The molecule has 3 nitrogen and oxygen atoms in total. The lowest BCUT2D eigenvalue weighted by atomic mass is 10.2. The van der Waals surface area contributed by atoms with Crippen molar-refractivity contribution >= 4 is 5.69 Å². The predicted molar refractivity (Wildman–Crippen MR) is 67.3 cm³/mol. The van der Waals surface area contributed by atoms with Crippen molar-refractivity contribution < 1.29 is 4.74 Å². The van der Waals surface area contributed by atoms with Gasteiger partial charge < -0.3 is 15.0 Å². The van der Waals surface area contributed by atoms with Crippen molar-refractivity contribution in [3.05, 3.63) is 24.3 Å². The fourth-order valence-corrected chi connectivity index (χ4v) is 2.14. The molecule has 1 aliphatic heterocycles. The molecule has 0 radical (unpaired) electrons. The second-order valence-corrected chi connectivity index (χ2v) is 4.18. The number of piperazine rings is 1. The molecule has 0 bridgehead atoms. The van der Waals surface area contributed by atoms with Crippen LogP contribution in [0.2, 0.25) is 0 Å². The molecule has 0 saturated carbocycles. The first-order chi connectivity index (χ1) is 7.81. The van der Waals surface area contributed by atoms with Gasteiger partial charge in [-0.05, 0) is 26.0 Å². The van der Waals surface area contributed by atoms with Crippen molar-refractivity contribution in [1.82, 2.24) is 5.32 Å². The predicted octanol–water partition coefficient (Wildman–Crippen LogP) is 1.88. The zero-order valence-electron chi connectivity index (χ0n) is 10.1. The van der Waals surface area contributed by atoms with Crippen LogP contribution in [0.4, 0.5) is 5.69 Å². The smallest absolute Gasteiger partial charge is 0.121 e. The number of rotatable bonds is 3. The molecule has 0 aliphatic carbocycles. The van der Waals surface area contributed by atoms with Crippen LogP contribution in [0.1, 0.15) is 13.8 Å². The van der Waals surface area contributed by atoms with E-state index in [1.807, 2.05) is 13.0 Å².